The largest absolute Gasteiger partial charge is 0.352 e. The monoisotopic (exact) mass is 302 g/mol. The van der Waals surface area contributed by atoms with Crippen LogP contribution in [-0.2, 0) is 37.6 Å². The average molecular weight is 302 g/mol. The fourth-order valence-electron chi connectivity index (χ4n) is 2.92. The zero-order valence-electron chi connectivity index (χ0n) is 13.1. The maximum atomic E-state index is 12.1. The molecule has 3 rings (SSSR count). The van der Waals surface area contributed by atoms with E-state index >= 15 is 0 Å². The number of nitrogens with one attached hydrogen (secondary N) is 1. The Morgan fingerprint density at radius 2 is 2.32 bits per heavy atom. The molecule has 1 atom stereocenters. The molecule has 118 valence electrons. The number of carbonyl (C=O) groups excluding carboxylic acids is 1. The van der Waals surface area contributed by atoms with E-state index in [1.165, 1.54) is 0 Å². The molecule has 7 nitrogen and oxygen atoms in total. The lowest BCUT2D eigenvalue weighted by atomic mass is 10.1. The van der Waals surface area contributed by atoms with Crippen LogP contribution in [-0.4, -0.2) is 36.5 Å². The molecule has 1 amide bonds. The van der Waals surface area contributed by atoms with Crippen LogP contribution in [0.5, 0.6) is 0 Å². The standard InChI is InChI=1S/C15H22N6O/c1-3-13-18-19-14-6-5-12(10-21(13)14)17-15(22)7-4-11-8-16-20(2)9-11/h8-9,12H,3-7,10H2,1-2H3,(H,17,22)/t12-/m0/s1. The molecule has 0 bridgehead atoms. The first-order chi connectivity index (χ1) is 10.7. The summed E-state index contributed by atoms with van der Waals surface area (Å²) >= 11 is 0. The minimum Gasteiger partial charge on any atom is -0.352 e. The van der Waals surface area contributed by atoms with Gasteiger partial charge in [-0.05, 0) is 18.4 Å². The van der Waals surface area contributed by atoms with Crippen LogP contribution in [0.25, 0.3) is 0 Å². The van der Waals surface area contributed by atoms with Crippen molar-refractivity contribution in [1.29, 1.82) is 0 Å². The van der Waals surface area contributed by atoms with E-state index in [1.807, 2.05) is 19.4 Å². The van der Waals surface area contributed by atoms with Crippen molar-refractivity contribution in [2.45, 2.75) is 51.6 Å². The summed E-state index contributed by atoms with van der Waals surface area (Å²) in [6.07, 6.45) is 7.66. The van der Waals surface area contributed by atoms with Crippen molar-refractivity contribution in [1.82, 2.24) is 29.9 Å². The Kier molecular flexibility index (Phi) is 4.22. The lowest BCUT2D eigenvalue weighted by molar-refractivity contribution is -0.122. The molecule has 1 N–H and O–H groups in total. The molecule has 7 heteroatoms. The van der Waals surface area contributed by atoms with Gasteiger partial charge in [0, 0.05) is 45.1 Å². The van der Waals surface area contributed by atoms with Crippen LogP contribution in [0.15, 0.2) is 12.4 Å². The van der Waals surface area contributed by atoms with Crippen LogP contribution >= 0.6 is 0 Å². The third-order valence-electron chi connectivity index (χ3n) is 4.10. The summed E-state index contributed by atoms with van der Waals surface area (Å²) in [5, 5.41) is 15.7. The van der Waals surface area contributed by atoms with Gasteiger partial charge in [-0.15, -0.1) is 10.2 Å². The molecule has 22 heavy (non-hydrogen) atoms. The fraction of sp³-hybridized carbons (Fsp3) is 0.600. The van der Waals surface area contributed by atoms with Crippen molar-refractivity contribution in [2.75, 3.05) is 0 Å². The van der Waals surface area contributed by atoms with Gasteiger partial charge in [0.05, 0.1) is 6.20 Å². The molecule has 0 saturated carbocycles. The van der Waals surface area contributed by atoms with Gasteiger partial charge in [-0.1, -0.05) is 6.92 Å². The van der Waals surface area contributed by atoms with E-state index in [2.05, 4.69) is 32.1 Å². The second-order valence-electron chi connectivity index (χ2n) is 5.82. The Labute approximate surface area is 129 Å². The Morgan fingerprint density at radius 1 is 1.45 bits per heavy atom. The van der Waals surface area contributed by atoms with Crippen molar-refractivity contribution in [3.8, 4) is 0 Å². The first-order valence-electron chi connectivity index (χ1n) is 7.83. The molecular formula is C15H22N6O. The number of hydrogen-bond donors (Lipinski definition) is 1. The summed E-state index contributed by atoms with van der Waals surface area (Å²) in [6.45, 7) is 2.86. The lowest BCUT2D eigenvalue weighted by Crippen LogP contribution is -2.41. The van der Waals surface area contributed by atoms with E-state index in [0.717, 1.165) is 49.4 Å². The van der Waals surface area contributed by atoms with Crippen molar-refractivity contribution in [3.63, 3.8) is 0 Å². The van der Waals surface area contributed by atoms with Gasteiger partial charge < -0.3 is 9.88 Å². The van der Waals surface area contributed by atoms with Crippen LogP contribution in [0.4, 0.5) is 0 Å². The Bertz CT molecular complexity index is 645. The fourth-order valence-corrected chi connectivity index (χ4v) is 2.92. The second-order valence-corrected chi connectivity index (χ2v) is 5.82. The molecule has 2 aromatic rings. The van der Waals surface area contributed by atoms with Crippen LogP contribution in [0.3, 0.4) is 0 Å². The van der Waals surface area contributed by atoms with Crippen molar-refractivity contribution in [3.05, 3.63) is 29.6 Å². The highest BCUT2D eigenvalue weighted by Crippen LogP contribution is 2.15. The summed E-state index contributed by atoms with van der Waals surface area (Å²) < 4.78 is 3.91. The molecular weight excluding hydrogens is 280 g/mol. The molecule has 2 aromatic heterocycles. The molecule has 0 saturated heterocycles. The predicted octanol–water partition coefficient (Wildman–Crippen LogP) is 0.638. The molecule has 0 unspecified atom stereocenters. The van der Waals surface area contributed by atoms with Crippen LogP contribution in [0, 0.1) is 0 Å². The number of aromatic nitrogens is 5. The van der Waals surface area contributed by atoms with Gasteiger partial charge >= 0.3 is 0 Å². The van der Waals surface area contributed by atoms with Crippen molar-refractivity contribution >= 4 is 5.91 Å². The molecule has 0 radical (unpaired) electrons. The van der Waals surface area contributed by atoms with Gasteiger partial charge in [-0.2, -0.15) is 5.10 Å². The molecule has 1 aliphatic heterocycles. The number of aryl methyl sites for hydroxylation is 4. The third kappa shape index (κ3) is 3.18. The molecule has 3 heterocycles. The Hall–Kier alpha value is -2.18. The lowest BCUT2D eigenvalue weighted by Gasteiger charge is -2.25. The van der Waals surface area contributed by atoms with Crippen molar-refractivity contribution < 1.29 is 4.79 Å². The van der Waals surface area contributed by atoms with Crippen LogP contribution < -0.4 is 5.32 Å². The topological polar surface area (TPSA) is 77.6 Å². The highest BCUT2D eigenvalue weighted by molar-refractivity contribution is 5.76. The molecule has 0 aromatic carbocycles. The summed E-state index contributed by atoms with van der Waals surface area (Å²) in [5.74, 6) is 2.14. The Balaban J connectivity index is 1.52. The van der Waals surface area contributed by atoms with Crippen LogP contribution in [0.2, 0.25) is 0 Å². The molecule has 0 spiro atoms. The van der Waals surface area contributed by atoms with Gasteiger partial charge in [0.25, 0.3) is 0 Å². The number of nitrogens with zero attached hydrogens (tertiary/aromatic N) is 5. The van der Waals surface area contributed by atoms with Gasteiger partial charge in [-0.3, -0.25) is 9.48 Å². The van der Waals surface area contributed by atoms with E-state index in [4.69, 9.17) is 0 Å². The number of amides is 1. The first kappa shape index (κ1) is 14.7. The van der Waals surface area contributed by atoms with E-state index < -0.39 is 0 Å². The second kappa shape index (κ2) is 6.29. The molecule has 1 aliphatic rings. The maximum Gasteiger partial charge on any atom is 0.220 e. The normalized spacial score (nSPS) is 17.3. The highest BCUT2D eigenvalue weighted by atomic mass is 16.1. The molecule has 0 fully saturated rings. The minimum atomic E-state index is 0.100. The van der Waals surface area contributed by atoms with Gasteiger partial charge in [0.1, 0.15) is 11.6 Å². The van der Waals surface area contributed by atoms with Gasteiger partial charge in [0.15, 0.2) is 0 Å². The van der Waals surface area contributed by atoms with E-state index in [1.54, 1.807) is 4.68 Å². The highest BCUT2D eigenvalue weighted by Gasteiger charge is 2.23. The maximum absolute atomic E-state index is 12.1. The van der Waals surface area contributed by atoms with E-state index in [9.17, 15) is 4.79 Å². The number of rotatable bonds is 5. The molecule has 0 aliphatic carbocycles. The number of fused-ring (bicyclic) bond motifs is 1. The number of carbonyl (C=O) groups is 1. The quantitative estimate of drug-likeness (QED) is 0.879. The summed E-state index contributed by atoms with van der Waals surface area (Å²) in [6, 6.07) is 0.176. The SMILES string of the molecule is CCc1nnc2n1C[C@@H](NC(=O)CCc1cnn(C)c1)CC2. The van der Waals surface area contributed by atoms with E-state index in [-0.39, 0.29) is 11.9 Å². The van der Waals surface area contributed by atoms with Gasteiger partial charge in [-0.25, -0.2) is 0 Å². The van der Waals surface area contributed by atoms with Crippen LogP contribution in [0.1, 0.15) is 37.0 Å². The summed E-state index contributed by atoms with van der Waals surface area (Å²) in [5.41, 5.74) is 1.09. The third-order valence-corrected chi connectivity index (χ3v) is 4.10. The van der Waals surface area contributed by atoms with E-state index in [0.29, 0.717) is 6.42 Å². The summed E-state index contributed by atoms with van der Waals surface area (Å²) in [7, 11) is 1.88. The Morgan fingerprint density at radius 3 is 3.05 bits per heavy atom. The zero-order valence-corrected chi connectivity index (χ0v) is 13.1. The minimum absolute atomic E-state index is 0.100. The average Bonchev–Trinajstić information content (AvgIpc) is 3.10. The van der Waals surface area contributed by atoms with Gasteiger partial charge in [0.2, 0.25) is 5.91 Å². The van der Waals surface area contributed by atoms with Crippen molar-refractivity contribution in [2.24, 2.45) is 7.05 Å². The zero-order chi connectivity index (χ0) is 15.5. The summed E-state index contributed by atoms with van der Waals surface area (Å²) in [4.78, 5) is 12.1. The predicted molar refractivity (Wildman–Crippen MR) is 81.2 cm³/mol. The number of hydrogen-bond acceptors (Lipinski definition) is 4. The first-order valence-corrected chi connectivity index (χ1v) is 7.83. The smallest absolute Gasteiger partial charge is 0.220 e.